The van der Waals surface area contributed by atoms with Crippen molar-refractivity contribution < 1.29 is 13.6 Å². The lowest BCUT2D eigenvalue weighted by molar-refractivity contribution is -0.127. The Labute approximate surface area is 168 Å². The molecular formula is C21H25F2N3OS. The van der Waals surface area contributed by atoms with Gasteiger partial charge in [-0.1, -0.05) is 24.3 Å². The minimum atomic E-state index is -2.73. The molecule has 1 aromatic carbocycles. The van der Waals surface area contributed by atoms with E-state index in [1.807, 2.05) is 0 Å². The zero-order valence-electron chi connectivity index (χ0n) is 15.7. The van der Waals surface area contributed by atoms with Gasteiger partial charge in [0.2, 0.25) is 11.8 Å². The first-order valence-corrected chi connectivity index (χ1v) is 10.4. The number of nitrogens with one attached hydrogen (secondary N) is 1. The van der Waals surface area contributed by atoms with Gasteiger partial charge >= 0.3 is 0 Å². The summed E-state index contributed by atoms with van der Waals surface area (Å²) in [5.74, 6) is -3.72. The molecule has 0 unspecified atom stereocenters. The van der Waals surface area contributed by atoms with Gasteiger partial charge < -0.3 is 5.32 Å². The number of anilines is 1. The van der Waals surface area contributed by atoms with Gasteiger partial charge in [-0.3, -0.25) is 9.93 Å². The van der Waals surface area contributed by atoms with Crippen LogP contribution in [-0.2, 0) is 17.6 Å². The average molecular weight is 406 g/mol. The second kappa shape index (κ2) is 9.47. The van der Waals surface area contributed by atoms with E-state index in [0.717, 1.165) is 11.9 Å². The zero-order valence-corrected chi connectivity index (χ0v) is 16.5. The molecule has 2 aromatic rings. The number of nitrogens with two attached hydrogens (primary N) is 1. The van der Waals surface area contributed by atoms with Gasteiger partial charge in [0.1, 0.15) is 5.03 Å². The van der Waals surface area contributed by atoms with Crippen molar-refractivity contribution >= 4 is 23.5 Å². The minimum Gasteiger partial charge on any atom is -0.326 e. The van der Waals surface area contributed by atoms with Gasteiger partial charge in [0.15, 0.2) is 0 Å². The summed E-state index contributed by atoms with van der Waals surface area (Å²) in [7, 11) is 0. The molecule has 2 aliphatic rings. The van der Waals surface area contributed by atoms with Crippen LogP contribution in [0.5, 0.6) is 0 Å². The number of hydrogen-bond donors (Lipinski definition) is 2. The third kappa shape index (κ3) is 5.75. The topological polar surface area (TPSA) is 68.0 Å². The largest absolute Gasteiger partial charge is 0.326 e. The summed E-state index contributed by atoms with van der Waals surface area (Å²) in [6, 6.07) is 12.0. The van der Waals surface area contributed by atoms with Crippen molar-refractivity contribution in [1.29, 1.82) is 0 Å². The summed E-state index contributed by atoms with van der Waals surface area (Å²) in [5, 5.41) is 8.57. The van der Waals surface area contributed by atoms with Crippen LogP contribution in [0.2, 0.25) is 0 Å². The summed E-state index contributed by atoms with van der Waals surface area (Å²) >= 11 is 0.963. The van der Waals surface area contributed by atoms with Crippen LogP contribution < -0.4 is 10.5 Å². The van der Waals surface area contributed by atoms with Crippen LogP contribution in [0.3, 0.4) is 0 Å². The van der Waals surface area contributed by atoms with Gasteiger partial charge in [-0.2, -0.15) is 0 Å². The first-order valence-electron chi connectivity index (χ1n) is 9.55. The lowest BCUT2D eigenvalue weighted by Crippen LogP contribution is -2.33. The van der Waals surface area contributed by atoms with Crippen molar-refractivity contribution in [3.63, 3.8) is 0 Å². The molecule has 0 saturated heterocycles. The number of carbonyl (C=O) groups is 1. The van der Waals surface area contributed by atoms with E-state index in [1.54, 1.807) is 23.3 Å². The van der Waals surface area contributed by atoms with E-state index in [9.17, 15) is 13.6 Å². The number of halogens is 2. The number of pyridine rings is 1. The Bertz CT molecular complexity index is 793. The molecular weight excluding hydrogens is 380 g/mol. The zero-order chi connectivity index (χ0) is 20.0. The number of aromatic nitrogens is 1. The fraction of sp³-hybridized carbons (Fsp3) is 0.429. The minimum absolute atomic E-state index is 0.125. The molecule has 1 heterocycles. The van der Waals surface area contributed by atoms with Crippen molar-refractivity contribution in [2.45, 2.75) is 55.9 Å². The van der Waals surface area contributed by atoms with E-state index in [1.165, 1.54) is 25.5 Å². The number of rotatable bonds is 3. The van der Waals surface area contributed by atoms with Crippen molar-refractivity contribution in [3.8, 4) is 0 Å². The fourth-order valence-corrected chi connectivity index (χ4v) is 4.02. The number of amides is 1. The van der Waals surface area contributed by atoms with Gasteiger partial charge in [0, 0.05) is 30.6 Å². The molecule has 0 aliphatic heterocycles. The number of alkyl halides is 2. The molecule has 1 fully saturated rings. The number of carbonyl (C=O) groups excluding carboxylic acids is 1. The Hall–Kier alpha value is -1.99. The molecule has 1 saturated carbocycles. The van der Waals surface area contributed by atoms with Crippen LogP contribution in [0, 0.1) is 5.92 Å². The Kier molecular flexibility index (Phi) is 7.02. The molecule has 3 N–H and O–H groups in total. The highest BCUT2D eigenvalue weighted by molar-refractivity contribution is 7.97. The summed E-state index contributed by atoms with van der Waals surface area (Å²) in [4.78, 5) is 15.9. The molecule has 150 valence electrons. The summed E-state index contributed by atoms with van der Waals surface area (Å²) in [6.07, 6.45) is 5.87. The molecule has 4 nitrogen and oxygen atoms in total. The predicted octanol–water partition coefficient (Wildman–Crippen LogP) is 4.99. The molecule has 1 aromatic heterocycles. The normalized spacial score (nSPS) is 19.9. The van der Waals surface area contributed by atoms with Gasteiger partial charge in [-0.05, 0) is 67.3 Å². The molecule has 28 heavy (non-hydrogen) atoms. The van der Waals surface area contributed by atoms with Crippen LogP contribution >= 0.6 is 11.9 Å². The van der Waals surface area contributed by atoms with Gasteiger partial charge in [0.05, 0.1) is 0 Å². The van der Waals surface area contributed by atoms with Crippen molar-refractivity contribution in [2.24, 2.45) is 11.1 Å². The number of aryl methyl sites for hydroxylation is 2. The van der Waals surface area contributed by atoms with E-state index < -0.39 is 11.8 Å². The number of hydrogen-bond acceptors (Lipinski definition) is 4. The highest BCUT2D eigenvalue weighted by atomic mass is 32.2. The maximum absolute atomic E-state index is 13.3. The van der Waals surface area contributed by atoms with Crippen molar-refractivity contribution in [3.05, 3.63) is 53.7 Å². The summed E-state index contributed by atoms with van der Waals surface area (Å²) in [6.45, 7) is 0. The van der Waals surface area contributed by atoms with Crippen LogP contribution in [0.1, 0.15) is 43.2 Å². The van der Waals surface area contributed by atoms with Gasteiger partial charge in [0.25, 0.3) is 0 Å². The van der Waals surface area contributed by atoms with Crippen molar-refractivity contribution in [2.75, 3.05) is 5.32 Å². The predicted molar refractivity (Wildman–Crippen MR) is 108 cm³/mol. The van der Waals surface area contributed by atoms with Crippen LogP contribution in [-0.4, -0.2) is 16.8 Å². The lowest BCUT2D eigenvalue weighted by atomic mass is 9.86. The Morgan fingerprint density at radius 2 is 1.89 bits per heavy atom. The highest BCUT2D eigenvalue weighted by Gasteiger charge is 2.39. The van der Waals surface area contributed by atoms with Crippen molar-refractivity contribution in [1.82, 2.24) is 4.98 Å². The third-order valence-corrected chi connectivity index (χ3v) is 5.61. The quantitative estimate of drug-likeness (QED) is 0.706. The molecule has 0 bridgehead atoms. The second-order valence-electron chi connectivity index (χ2n) is 7.26. The van der Waals surface area contributed by atoms with Crippen LogP contribution in [0.15, 0.2) is 47.6 Å². The maximum Gasteiger partial charge on any atom is 0.248 e. The van der Waals surface area contributed by atoms with E-state index in [2.05, 4.69) is 34.6 Å². The number of benzene rings is 1. The highest BCUT2D eigenvalue weighted by Crippen LogP contribution is 2.37. The molecule has 0 spiro atoms. The molecule has 2 aliphatic carbocycles. The Balaban J connectivity index is 0.000000206. The molecule has 1 amide bonds. The number of fused-ring (bicyclic) bond motifs is 1. The van der Waals surface area contributed by atoms with E-state index in [-0.39, 0.29) is 18.7 Å². The van der Waals surface area contributed by atoms with E-state index >= 15 is 0 Å². The lowest BCUT2D eigenvalue weighted by Gasteiger charge is -2.27. The summed E-state index contributed by atoms with van der Waals surface area (Å²) < 4.78 is 26.5. The van der Waals surface area contributed by atoms with Gasteiger partial charge in [-0.25, -0.2) is 13.8 Å². The SMILES string of the molecule is NSc1cc(NC(=O)[C@H]2CCCC(F)(F)C2)ccn1.c1ccc2c(c1)CCC2. The van der Waals surface area contributed by atoms with Crippen LogP contribution in [0.4, 0.5) is 14.5 Å². The second-order valence-corrected chi connectivity index (χ2v) is 7.92. The van der Waals surface area contributed by atoms with E-state index in [0.29, 0.717) is 23.6 Å². The third-order valence-electron chi connectivity index (χ3n) is 5.14. The molecule has 7 heteroatoms. The standard InChI is InChI=1S/C12H15F2N3OS.C9H10/c13-12(14)4-1-2-8(7-12)11(18)17-9-3-5-16-10(6-9)19-15;1-2-5-9-7-3-6-8(9)4-1/h3,5-6,8H,1-2,4,7,15H2,(H,16,17,18);1-2,4-5H,3,6-7H2/t8-;/m0./s1. The van der Waals surface area contributed by atoms with E-state index in [4.69, 9.17) is 5.14 Å². The first kappa shape index (κ1) is 20.7. The van der Waals surface area contributed by atoms with Crippen LogP contribution in [0.25, 0.3) is 0 Å². The Morgan fingerprint density at radius 1 is 1.18 bits per heavy atom. The average Bonchev–Trinajstić information content (AvgIpc) is 3.17. The molecule has 1 atom stereocenters. The Morgan fingerprint density at radius 3 is 2.54 bits per heavy atom. The summed E-state index contributed by atoms with van der Waals surface area (Å²) in [5.41, 5.74) is 3.66. The monoisotopic (exact) mass is 405 g/mol. The molecule has 4 rings (SSSR count). The van der Waals surface area contributed by atoms with Gasteiger partial charge in [-0.15, -0.1) is 0 Å². The maximum atomic E-state index is 13.3. The number of nitrogens with zero attached hydrogens (tertiary/aromatic N) is 1. The fourth-order valence-electron chi connectivity index (χ4n) is 3.71. The smallest absolute Gasteiger partial charge is 0.248 e. The molecule has 0 radical (unpaired) electrons. The first-order chi connectivity index (χ1) is 13.5.